The van der Waals surface area contributed by atoms with Crippen molar-refractivity contribution in [3.8, 4) is 16.9 Å². The summed E-state index contributed by atoms with van der Waals surface area (Å²) in [6.45, 7) is 0. The van der Waals surface area contributed by atoms with Crippen LogP contribution >= 0.6 is 0 Å². The van der Waals surface area contributed by atoms with E-state index < -0.39 is 0 Å². The average molecular weight is 314 g/mol. The Balaban J connectivity index is 1.88. The smallest absolute Gasteiger partial charge is 0.115 e. The van der Waals surface area contributed by atoms with Crippen LogP contribution in [0, 0.1) is 0 Å². The van der Waals surface area contributed by atoms with E-state index >= 15 is 0 Å². The van der Waals surface area contributed by atoms with Gasteiger partial charge < -0.3 is 5.11 Å². The highest BCUT2D eigenvalue weighted by atomic mass is 16.3. The van der Waals surface area contributed by atoms with Gasteiger partial charge in [0.1, 0.15) is 5.75 Å². The number of aromatic hydroxyl groups is 1. The molecule has 0 fully saturated rings. The van der Waals surface area contributed by atoms with Crippen LogP contribution < -0.4 is 0 Å². The van der Waals surface area contributed by atoms with E-state index in [2.05, 4.69) is 28.4 Å². The topological polar surface area (TPSA) is 48.9 Å². The first-order valence-corrected chi connectivity index (χ1v) is 8.51. The van der Waals surface area contributed by atoms with Gasteiger partial charge in [0.05, 0.1) is 11.7 Å². The number of aryl methyl sites for hydroxylation is 1. The number of nitrogens with zero attached hydrogens (tertiary/aromatic N) is 1. The van der Waals surface area contributed by atoms with Crippen LogP contribution in [0.3, 0.4) is 0 Å². The molecule has 4 aromatic rings. The number of hydrogen-bond donors (Lipinski definition) is 2. The van der Waals surface area contributed by atoms with Gasteiger partial charge >= 0.3 is 0 Å². The van der Waals surface area contributed by atoms with Gasteiger partial charge in [0.25, 0.3) is 0 Å². The number of rotatable bonds is 1. The summed E-state index contributed by atoms with van der Waals surface area (Å²) in [5.74, 6) is 0.313. The number of fused-ring (bicyclic) bond motifs is 5. The van der Waals surface area contributed by atoms with E-state index in [0.29, 0.717) is 5.75 Å². The summed E-state index contributed by atoms with van der Waals surface area (Å²) in [6.07, 6.45) is 6.62. The Morgan fingerprint density at radius 3 is 2.46 bits per heavy atom. The lowest BCUT2D eigenvalue weighted by molar-refractivity contribution is 0.475. The fourth-order valence-electron chi connectivity index (χ4n) is 4.09. The molecule has 0 unspecified atom stereocenters. The molecule has 1 aromatic heterocycles. The summed E-state index contributed by atoms with van der Waals surface area (Å²) >= 11 is 0. The molecule has 1 aliphatic rings. The van der Waals surface area contributed by atoms with Crippen LogP contribution in [0.2, 0.25) is 0 Å². The first kappa shape index (κ1) is 13.6. The number of hydrogen-bond acceptors (Lipinski definition) is 2. The lowest BCUT2D eigenvalue weighted by Gasteiger charge is -2.22. The molecule has 0 radical (unpaired) electrons. The molecule has 3 aromatic carbocycles. The van der Waals surface area contributed by atoms with Gasteiger partial charge in [0, 0.05) is 10.8 Å². The van der Waals surface area contributed by atoms with Crippen molar-refractivity contribution in [3.63, 3.8) is 0 Å². The molecular formula is C21H18N2O. The summed E-state index contributed by atoms with van der Waals surface area (Å²) in [7, 11) is 0. The van der Waals surface area contributed by atoms with Gasteiger partial charge in [-0.15, -0.1) is 0 Å². The van der Waals surface area contributed by atoms with Crippen molar-refractivity contribution < 1.29 is 5.11 Å². The molecule has 0 spiro atoms. The van der Waals surface area contributed by atoms with Crippen LogP contribution in [0.15, 0.2) is 48.7 Å². The van der Waals surface area contributed by atoms with Crippen LogP contribution in [0.4, 0.5) is 0 Å². The Bertz CT molecular complexity index is 1060. The fourth-order valence-corrected chi connectivity index (χ4v) is 4.09. The largest absolute Gasteiger partial charge is 0.508 e. The molecule has 5 rings (SSSR count). The Kier molecular flexibility index (Phi) is 2.89. The molecule has 0 atom stereocenters. The predicted molar refractivity (Wildman–Crippen MR) is 97.3 cm³/mol. The minimum Gasteiger partial charge on any atom is -0.508 e. The van der Waals surface area contributed by atoms with Crippen molar-refractivity contribution in [1.29, 1.82) is 0 Å². The molecule has 0 saturated carbocycles. The molecular weight excluding hydrogens is 296 g/mol. The number of phenolic OH excluding ortho intramolecular Hbond substituents is 1. The van der Waals surface area contributed by atoms with Crippen molar-refractivity contribution in [2.45, 2.75) is 25.7 Å². The number of aromatic nitrogens is 2. The van der Waals surface area contributed by atoms with E-state index in [1.807, 2.05) is 18.3 Å². The zero-order valence-corrected chi connectivity index (χ0v) is 13.3. The molecule has 0 saturated heterocycles. The van der Waals surface area contributed by atoms with Gasteiger partial charge in [0.15, 0.2) is 0 Å². The van der Waals surface area contributed by atoms with Crippen LogP contribution in [-0.4, -0.2) is 15.3 Å². The van der Waals surface area contributed by atoms with E-state index in [0.717, 1.165) is 18.4 Å². The molecule has 0 aliphatic heterocycles. The number of benzene rings is 3. The standard InChI is InChI=1S/C21H18N2O/c24-16-9-7-13(8-10-16)19-11-14-5-6-15-12-22-23-21(15)20(14)18-4-2-1-3-17(18)19/h5-12,24H,1-4H2,(H,22,23). The third-order valence-corrected chi connectivity index (χ3v) is 5.22. The fraction of sp³-hybridized carbons (Fsp3) is 0.190. The molecule has 2 N–H and O–H groups in total. The first-order valence-electron chi connectivity index (χ1n) is 8.51. The minimum atomic E-state index is 0.313. The van der Waals surface area contributed by atoms with E-state index in [1.54, 1.807) is 12.1 Å². The third-order valence-electron chi connectivity index (χ3n) is 5.22. The summed E-state index contributed by atoms with van der Waals surface area (Å²) < 4.78 is 0. The number of phenols is 1. The van der Waals surface area contributed by atoms with E-state index in [4.69, 9.17) is 0 Å². The lowest BCUT2D eigenvalue weighted by Crippen LogP contribution is -2.06. The van der Waals surface area contributed by atoms with Crippen LogP contribution in [0.1, 0.15) is 24.0 Å². The van der Waals surface area contributed by atoms with Crippen molar-refractivity contribution in [3.05, 3.63) is 59.8 Å². The highest BCUT2D eigenvalue weighted by Gasteiger charge is 2.19. The lowest BCUT2D eigenvalue weighted by atomic mass is 9.82. The predicted octanol–water partition coefficient (Wildman–Crippen LogP) is 4.97. The van der Waals surface area contributed by atoms with Gasteiger partial charge in [-0.1, -0.05) is 24.3 Å². The minimum absolute atomic E-state index is 0.313. The van der Waals surface area contributed by atoms with Crippen molar-refractivity contribution >= 4 is 21.7 Å². The number of nitrogens with one attached hydrogen (secondary N) is 1. The quantitative estimate of drug-likeness (QED) is 0.521. The molecule has 1 heterocycles. The van der Waals surface area contributed by atoms with E-state index in [9.17, 15) is 5.11 Å². The zero-order valence-electron chi connectivity index (χ0n) is 13.3. The monoisotopic (exact) mass is 314 g/mol. The zero-order chi connectivity index (χ0) is 16.1. The Hall–Kier alpha value is -2.81. The summed E-state index contributed by atoms with van der Waals surface area (Å²) in [6, 6.07) is 14.2. The van der Waals surface area contributed by atoms with Crippen molar-refractivity contribution in [1.82, 2.24) is 10.2 Å². The van der Waals surface area contributed by atoms with Gasteiger partial charge in [-0.05, 0) is 71.5 Å². The maximum Gasteiger partial charge on any atom is 0.115 e. The van der Waals surface area contributed by atoms with Crippen LogP contribution in [0.5, 0.6) is 5.75 Å². The number of H-pyrrole nitrogens is 1. The second kappa shape index (κ2) is 5.10. The molecule has 1 aliphatic carbocycles. The van der Waals surface area contributed by atoms with E-state index in [1.165, 1.54) is 51.3 Å². The van der Waals surface area contributed by atoms with Gasteiger partial charge in [0.2, 0.25) is 0 Å². The Morgan fingerprint density at radius 2 is 1.62 bits per heavy atom. The summed E-state index contributed by atoms with van der Waals surface area (Å²) in [5, 5.41) is 20.8. The van der Waals surface area contributed by atoms with Gasteiger partial charge in [-0.2, -0.15) is 5.10 Å². The van der Waals surface area contributed by atoms with Crippen LogP contribution in [-0.2, 0) is 12.8 Å². The third kappa shape index (κ3) is 1.94. The summed E-state index contributed by atoms with van der Waals surface area (Å²) in [5.41, 5.74) is 6.56. The van der Waals surface area contributed by atoms with Crippen LogP contribution in [0.25, 0.3) is 32.8 Å². The Morgan fingerprint density at radius 1 is 0.875 bits per heavy atom. The highest BCUT2D eigenvalue weighted by molar-refractivity contribution is 6.09. The maximum absolute atomic E-state index is 9.60. The highest BCUT2D eigenvalue weighted by Crippen LogP contribution is 2.39. The normalized spacial score (nSPS) is 14.2. The molecule has 24 heavy (non-hydrogen) atoms. The SMILES string of the molecule is Oc1ccc(-c2cc3ccc4cn[nH]c4c3c3c2CCCC3)cc1. The molecule has 3 nitrogen and oxygen atoms in total. The van der Waals surface area contributed by atoms with Crippen molar-refractivity contribution in [2.75, 3.05) is 0 Å². The van der Waals surface area contributed by atoms with Gasteiger partial charge in [-0.3, -0.25) is 5.10 Å². The molecule has 3 heteroatoms. The maximum atomic E-state index is 9.60. The first-order chi connectivity index (χ1) is 11.8. The number of aromatic amines is 1. The molecule has 118 valence electrons. The summed E-state index contributed by atoms with van der Waals surface area (Å²) in [4.78, 5) is 0. The second-order valence-electron chi connectivity index (χ2n) is 6.63. The second-order valence-corrected chi connectivity index (χ2v) is 6.63. The van der Waals surface area contributed by atoms with Crippen molar-refractivity contribution in [2.24, 2.45) is 0 Å². The Labute approximate surface area is 139 Å². The van der Waals surface area contributed by atoms with Gasteiger partial charge in [-0.25, -0.2) is 0 Å². The van der Waals surface area contributed by atoms with E-state index in [-0.39, 0.29) is 0 Å². The average Bonchev–Trinajstić information content (AvgIpc) is 3.10. The molecule has 0 amide bonds. The molecule has 0 bridgehead atoms.